The Kier molecular flexibility index (Phi) is 6.62. The highest BCUT2D eigenvalue weighted by atomic mass is 19.2. The summed E-state index contributed by atoms with van der Waals surface area (Å²) in [5, 5.41) is -3.89. The standard InChI is InChI=1S/C28H8BF11O3/c30-11-4-2-9-1-3-10-17-16(9)18(11)22(37)23(38)19(17)24(39)25(40)26(10)41-29(42-27-14(33)7-5-12(31)20(27)35)43-28-15(34)8-6-13(32)21(28)36/h1-8H. The molecule has 0 atom stereocenters. The Hall–Kier alpha value is -4.95. The van der Waals surface area contributed by atoms with Crippen LogP contribution in [0.4, 0.5) is 48.3 Å². The summed E-state index contributed by atoms with van der Waals surface area (Å²) in [6, 6.07) is 5.41. The fourth-order valence-electron chi connectivity index (χ4n) is 4.63. The Balaban J connectivity index is 1.60. The Labute approximate surface area is 232 Å². The molecule has 0 heterocycles. The van der Waals surface area contributed by atoms with Crippen LogP contribution in [0.1, 0.15) is 0 Å². The van der Waals surface area contributed by atoms with E-state index in [1.165, 1.54) is 0 Å². The molecule has 3 nitrogen and oxygen atoms in total. The van der Waals surface area contributed by atoms with Crippen molar-refractivity contribution in [3.63, 3.8) is 0 Å². The van der Waals surface area contributed by atoms with Crippen LogP contribution in [-0.4, -0.2) is 7.32 Å². The maximum Gasteiger partial charge on any atom is 0.864 e. The fourth-order valence-corrected chi connectivity index (χ4v) is 4.63. The van der Waals surface area contributed by atoms with E-state index in [1.807, 2.05) is 0 Å². The minimum absolute atomic E-state index is 0.0293. The van der Waals surface area contributed by atoms with Gasteiger partial charge >= 0.3 is 7.32 Å². The third kappa shape index (κ3) is 4.29. The fraction of sp³-hybridized carbons (Fsp3) is 0. The average molecular weight is 612 g/mol. The third-order valence-corrected chi connectivity index (χ3v) is 6.52. The van der Waals surface area contributed by atoms with Crippen molar-refractivity contribution in [3.05, 3.63) is 113 Å². The number of hydrogen-bond acceptors (Lipinski definition) is 3. The molecule has 6 rings (SSSR count). The first-order valence-electron chi connectivity index (χ1n) is 11.8. The highest BCUT2D eigenvalue weighted by molar-refractivity contribution is 6.40. The van der Waals surface area contributed by atoms with E-state index in [0.717, 1.165) is 24.3 Å². The molecule has 15 heteroatoms. The van der Waals surface area contributed by atoms with Crippen molar-refractivity contribution in [3.8, 4) is 17.2 Å². The van der Waals surface area contributed by atoms with Crippen LogP contribution in [0.25, 0.3) is 32.3 Å². The van der Waals surface area contributed by atoms with E-state index in [-0.39, 0.29) is 5.39 Å². The summed E-state index contributed by atoms with van der Waals surface area (Å²) in [5.41, 5.74) is 0. The largest absolute Gasteiger partial charge is 0.864 e. The summed E-state index contributed by atoms with van der Waals surface area (Å²) in [6.07, 6.45) is 0. The van der Waals surface area contributed by atoms with Gasteiger partial charge in [0, 0.05) is 16.2 Å². The molecule has 0 unspecified atom stereocenters. The molecule has 0 aliphatic rings. The van der Waals surface area contributed by atoms with Crippen molar-refractivity contribution < 1.29 is 62.3 Å². The summed E-state index contributed by atoms with van der Waals surface area (Å²) in [7, 11) is -2.94. The molecular formula is C28H8BF11O3. The smallest absolute Gasteiger partial charge is 0.486 e. The molecule has 6 aromatic rings. The number of benzene rings is 6. The molecule has 0 radical (unpaired) electrons. The second-order valence-electron chi connectivity index (χ2n) is 8.96. The molecule has 6 aromatic carbocycles. The highest BCUT2D eigenvalue weighted by Gasteiger charge is 2.39. The normalized spacial score (nSPS) is 11.6. The summed E-state index contributed by atoms with van der Waals surface area (Å²) in [6.45, 7) is 0. The van der Waals surface area contributed by atoms with Crippen LogP contribution < -0.4 is 14.0 Å². The molecule has 0 spiro atoms. The topological polar surface area (TPSA) is 27.7 Å². The Morgan fingerprint density at radius 2 is 0.791 bits per heavy atom. The SMILES string of the molecule is Fc1ccc(F)c(OB(Oc2c(F)ccc(F)c2F)Oc2c(F)c(F)c3c(F)c(F)c4c(F)ccc5ccc2c3c54)c1F. The lowest BCUT2D eigenvalue weighted by atomic mass is 9.92. The number of rotatable bonds is 6. The minimum Gasteiger partial charge on any atom is -0.486 e. The van der Waals surface area contributed by atoms with Gasteiger partial charge in [-0.3, -0.25) is 0 Å². The molecule has 0 aliphatic carbocycles. The summed E-state index contributed by atoms with van der Waals surface area (Å²) >= 11 is 0. The third-order valence-electron chi connectivity index (χ3n) is 6.52. The summed E-state index contributed by atoms with van der Waals surface area (Å²) in [4.78, 5) is 0. The Bertz CT molecular complexity index is 2050. The summed E-state index contributed by atoms with van der Waals surface area (Å²) in [5.74, 6) is -24.6. The van der Waals surface area contributed by atoms with Gasteiger partial charge in [0.05, 0.1) is 10.8 Å². The van der Waals surface area contributed by atoms with Crippen LogP contribution in [0.3, 0.4) is 0 Å². The zero-order valence-corrected chi connectivity index (χ0v) is 20.6. The van der Waals surface area contributed by atoms with E-state index in [4.69, 9.17) is 14.0 Å². The first-order chi connectivity index (χ1) is 20.4. The van der Waals surface area contributed by atoms with Gasteiger partial charge in [-0.1, -0.05) is 12.1 Å². The second-order valence-corrected chi connectivity index (χ2v) is 8.96. The number of hydrogen-bond donors (Lipinski definition) is 0. The van der Waals surface area contributed by atoms with Gasteiger partial charge in [0.2, 0.25) is 11.6 Å². The van der Waals surface area contributed by atoms with Gasteiger partial charge in [-0.05, 0) is 41.8 Å². The van der Waals surface area contributed by atoms with Crippen LogP contribution in [-0.2, 0) is 0 Å². The van der Waals surface area contributed by atoms with Crippen molar-refractivity contribution in [2.24, 2.45) is 0 Å². The molecule has 0 aliphatic heterocycles. The van der Waals surface area contributed by atoms with Gasteiger partial charge in [0.15, 0.2) is 63.8 Å². The molecule has 0 saturated heterocycles. The van der Waals surface area contributed by atoms with Crippen molar-refractivity contribution >= 4 is 39.6 Å². The molecule has 0 N–H and O–H groups in total. The van der Waals surface area contributed by atoms with Crippen LogP contribution in [0.15, 0.2) is 48.5 Å². The molecule has 218 valence electrons. The average Bonchev–Trinajstić information content (AvgIpc) is 2.98. The molecule has 0 aromatic heterocycles. The van der Waals surface area contributed by atoms with Crippen molar-refractivity contribution in [1.82, 2.24) is 0 Å². The maximum atomic E-state index is 15.4. The quantitative estimate of drug-likeness (QED) is 0.0816. The van der Waals surface area contributed by atoms with Gasteiger partial charge < -0.3 is 14.0 Å². The minimum atomic E-state index is -2.94. The zero-order valence-electron chi connectivity index (χ0n) is 20.6. The zero-order chi connectivity index (χ0) is 30.9. The predicted molar refractivity (Wildman–Crippen MR) is 130 cm³/mol. The van der Waals surface area contributed by atoms with Gasteiger partial charge in [-0.15, -0.1) is 0 Å². The summed E-state index contributed by atoms with van der Waals surface area (Å²) < 4.78 is 175. The lowest BCUT2D eigenvalue weighted by molar-refractivity contribution is 0.270. The molecule has 43 heavy (non-hydrogen) atoms. The van der Waals surface area contributed by atoms with Crippen LogP contribution in [0.2, 0.25) is 0 Å². The first kappa shape index (κ1) is 28.2. The van der Waals surface area contributed by atoms with E-state index in [2.05, 4.69) is 0 Å². The van der Waals surface area contributed by atoms with E-state index in [0.29, 0.717) is 24.3 Å². The second kappa shape index (κ2) is 10.1. The lowest BCUT2D eigenvalue weighted by Crippen LogP contribution is -2.38. The van der Waals surface area contributed by atoms with Crippen molar-refractivity contribution in [1.29, 1.82) is 0 Å². The van der Waals surface area contributed by atoms with Crippen LogP contribution in [0, 0.1) is 64.0 Å². The molecule has 0 fully saturated rings. The molecular weight excluding hydrogens is 604 g/mol. The molecule has 0 bridgehead atoms. The lowest BCUT2D eigenvalue weighted by Gasteiger charge is -2.21. The predicted octanol–water partition coefficient (Wildman–Crippen LogP) is 8.64. The monoisotopic (exact) mass is 612 g/mol. The van der Waals surface area contributed by atoms with Crippen LogP contribution in [0.5, 0.6) is 17.2 Å². The van der Waals surface area contributed by atoms with Gasteiger partial charge in [-0.25, -0.2) is 35.1 Å². The van der Waals surface area contributed by atoms with Crippen molar-refractivity contribution in [2.75, 3.05) is 0 Å². The highest BCUT2D eigenvalue weighted by Crippen LogP contribution is 2.45. The van der Waals surface area contributed by atoms with E-state index in [1.54, 1.807) is 0 Å². The molecule has 0 amide bonds. The van der Waals surface area contributed by atoms with E-state index >= 15 is 13.2 Å². The van der Waals surface area contributed by atoms with Gasteiger partial charge in [0.25, 0.3) is 0 Å². The Morgan fingerprint density at radius 1 is 0.349 bits per heavy atom. The first-order valence-corrected chi connectivity index (χ1v) is 11.8. The maximum absolute atomic E-state index is 15.4. The van der Waals surface area contributed by atoms with Gasteiger partial charge in [-0.2, -0.15) is 13.2 Å². The van der Waals surface area contributed by atoms with E-state index in [9.17, 15) is 35.1 Å². The molecule has 0 saturated carbocycles. The van der Waals surface area contributed by atoms with Crippen LogP contribution >= 0.6 is 0 Å². The Morgan fingerprint density at radius 3 is 1.37 bits per heavy atom. The van der Waals surface area contributed by atoms with Gasteiger partial charge in [0.1, 0.15) is 5.82 Å². The number of halogens is 11. The van der Waals surface area contributed by atoms with E-state index < -0.39 is 115 Å². The van der Waals surface area contributed by atoms with Crippen molar-refractivity contribution in [2.45, 2.75) is 0 Å².